The molecule has 160 valence electrons. The van der Waals surface area contributed by atoms with E-state index in [4.69, 9.17) is 14.2 Å². The molecule has 0 aliphatic heterocycles. The molecule has 0 fully saturated rings. The Hall–Kier alpha value is -3.62. The van der Waals surface area contributed by atoms with Crippen molar-refractivity contribution in [2.45, 2.75) is 33.3 Å². The lowest BCUT2D eigenvalue weighted by Gasteiger charge is -2.15. The third kappa shape index (κ3) is 5.47. The van der Waals surface area contributed by atoms with E-state index >= 15 is 0 Å². The summed E-state index contributed by atoms with van der Waals surface area (Å²) in [5, 5.41) is 14.1. The minimum Gasteiger partial charge on any atom is -0.493 e. The SMILES string of the molecule is CCOc1cc([N+](=O)[O-])c(C(=O)OC(C)C(=O)Nc2ccc(CC)cc2)cc1OC. The Labute approximate surface area is 174 Å². The molecule has 2 aromatic carbocycles. The zero-order valence-electron chi connectivity index (χ0n) is 17.3. The highest BCUT2D eigenvalue weighted by molar-refractivity contribution is 5.99. The monoisotopic (exact) mass is 416 g/mol. The van der Waals surface area contributed by atoms with Crippen molar-refractivity contribution in [2.75, 3.05) is 19.0 Å². The molecular formula is C21H24N2O7. The average Bonchev–Trinajstić information content (AvgIpc) is 2.73. The van der Waals surface area contributed by atoms with Gasteiger partial charge in [-0.1, -0.05) is 19.1 Å². The molecule has 1 amide bonds. The minimum absolute atomic E-state index is 0.129. The first-order chi connectivity index (χ1) is 14.3. The normalized spacial score (nSPS) is 11.3. The predicted octanol–water partition coefficient (Wildman–Crippen LogP) is 3.75. The molecule has 30 heavy (non-hydrogen) atoms. The standard InChI is InChI=1S/C21H24N2O7/c1-5-14-7-9-15(10-8-14)22-20(24)13(3)30-21(25)16-11-18(28-4)19(29-6-2)12-17(16)23(26)27/h7-13H,5-6H2,1-4H3,(H,22,24). The van der Waals surface area contributed by atoms with E-state index in [2.05, 4.69) is 5.32 Å². The van der Waals surface area contributed by atoms with E-state index in [1.165, 1.54) is 20.1 Å². The molecule has 0 heterocycles. The zero-order valence-corrected chi connectivity index (χ0v) is 17.3. The van der Waals surface area contributed by atoms with Gasteiger partial charge >= 0.3 is 5.97 Å². The number of benzene rings is 2. The number of esters is 1. The van der Waals surface area contributed by atoms with Crippen LogP contribution in [0.2, 0.25) is 0 Å². The highest BCUT2D eigenvalue weighted by Gasteiger charge is 2.28. The number of hydrogen-bond acceptors (Lipinski definition) is 7. The van der Waals surface area contributed by atoms with Crippen LogP contribution in [-0.2, 0) is 16.0 Å². The Morgan fingerprint density at radius 3 is 2.33 bits per heavy atom. The number of methoxy groups -OCH3 is 1. The topological polar surface area (TPSA) is 117 Å². The molecule has 9 heteroatoms. The quantitative estimate of drug-likeness (QED) is 0.376. The fraction of sp³-hybridized carbons (Fsp3) is 0.333. The van der Waals surface area contributed by atoms with Crippen LogP contribution in [0.25, 0.3) is 0 Å². The van der Waals surface area contributed by atoms with Crippen molar-refractivity contribution in [2.24, 2.45) is 0 Å². The van der Waals surface area contributed by atoms with Crippen LogP contribution < -0.4 is 14.8 Å². The number of amides is 1. The first-order valence-corrected chi connectivity index (χ1v) is 9.40. The van der Waals surface area contributed by atoms with Gasteiger partial charge in [-0.2, -0.15) is 0 Å². The van der Waals surface area contributed by atoms with Crippen molar-refractivity contribution >= 4 is 23.3 Å². The summed E-state index contributed by atoms with van der Waals surface area (Å²) in [7, 11) is 1.35. The Kier molecular flexibility index (Phi) is 7.74. The summed E-state index contributed by atoms with van der Waals surface area (Å²) in [5.41, 5.74) is 0.817. The van der Waals surface area contributed by atoms with Crippen LogP contribution in [-0.4, -0.2) is 36.6 Å². The van der Waals surface area contributed by atoms with Crippen molar-refractivity contribution in [3.8, 4) is 11.5 Å². The van der Waals surface area contributed by atoms with Crippen LogP contribution in [0.15, 0.2) is 36.4 Å². The van der Waals surface area contributed by atoms with Gasteiger partial charge in [-0.3, -0.25) is 14.9 Å². The molecule has 2 rings (SSSR count). The molecule has 0 aliphatic carbocycles. The largest absolute Gasteiger partial charge is 0.493 e. The number of nitrogens with zero attached hydrogens (tertiary/aromatic N) is 1. The number of hydrogen-bond donors (Lipinski definition) is 1. The maximum Gasteiger partial charge on any atom is 0.346 e. The highest BCUT2D eigenvalue weighted by atomic mass is 16.6. The lowest BCUT2D eigenvalue weighted by Crippen LogP contribution is -2.30. The van der Waals surface area contributed by atoms with Crippen LogP contribution in [0.4, 0.5) is 11.4 Å². The van der Waals surface area contributed by atoms with Crippen LogP contribution in [0.3, 0.4) is 0 Å². The minimum atomic E-state index is -1.18. The molecule has 0 saturated carbocycles. The second kappa shape index (κ2) is 10.2. The smallest absolute Gasteiger partial charge is 0.346 e. The second-order valence-corrected chi connectivity index (χ2v) is 6.30. The second-order valence-electron chi connectivity index (χ2n) is 6.30. The summed E-state index contributed by atoms with van der Waals surface area (Å²) in [4.78, 5) is 35.6. The van der Waals surface area contributed by atoms with Crippen LogP contribution in [0.5, 0.6) is 11.5 Å². The summed E-state index contributed by atoms with van der Waals surface area (Å²) >= 11 is 0. The molecule has 0 aromatic heterocycles. The number of rotatable bonds is 9. The molecule has 9 nitrogen and oxygen atoms in total. The number of nitro benzene ring substituents is 1. The third-order valence-electron chi connectivity index (χ3n) is 4.28. The molecule has 0 bridgehead atoms. The van der Waals surface area contributed by atoms with Gasteiger partial charge in [0.15, 0.2) is 17.6 Å². The van der Waals surface area contributed by atoms with E-state index in [1.807, 2.05) is 19.1 Å². The molecular weight excluding hydrogens is 392 g/mol. The number of nitro groups is 1. The number of ether oxygens (including phenoxy) is 3. The van der Waals surface area contributed by atoms with E-state index in [-0.39, 0.29) is 23.7 Å². The number of carbonyl (C=O) groups is 2. The van der Waals surface area contributed by atoms with Gasteiger partial charge in [0.1, 0.15) is 5.56 Å². The summed E-state index contributed by atoms with van der Waals surface area (Å²) in [6.07, 6.45) is -0.312. The van der Waals surface area contributed by atoms with Gasteiger partial charge in [-0.05, 0) is 38.0 Å². The first-order valence-electron chi connectivity index (χ1n) is 9.40. The number of nitrogens with one attached hydrogen (secondary N) is 1. The molecule has 0 saturated heterocycles. The van der Waals surface area contributed by atoms with E-state index in [0.29, 0.717) is 5.69 Å². The van der Waals surface area contributed by atoms with Crippen molar-refractivity contribution in [1.82, 2.24) is 0 Å². The molecule has 0 radical (unpaired) electrons. The van der Waals surface area contributed by atoms with Gasteiger partial charge in [0.05, 0.1) is 24.7 Å². The Morgan fingerprint density at radius 2 is 1.80 bits per heavy atom. The van der Waals surface area contributed by atoms with Crippen LogP contribution in [0, 0.1) is 10.1 Å². The fourth-order valence-electron chi connectivity index (χ4n) is 2.64. The Balaban J connectivity index is 2.18. The van der Waals surface area contributed by atoms with Crippen molar-refractivity contribution in [3.63, 3.8) is 0 Å². The number of carbonyl (C=O) groups excluding carboxylic acids is 2. The Morgan fingerprint density at radius 1 is 1.13 bits per heavy atom. The lowest BCUT2D eigenvalue weighted by molar-refractivity contribution is -0.385. The summed E-state index contributed by atoms with van der Waals surface area (Å²) in [5.74, 6) is -1.31. The van der Waals surface area contributed by atoms with Gasteiger partial charge in [0, 0.05) is 11.8 Å². The van der Waals surface area contributed by atoms with Gasteiger partial charge in [0.25, 0.3) is 11.6 Å². The first kappa shape index (κ1) is 22.7. The third-order valence-corrected chi connectivity index (χ3v) is 4.28. The van der Waals surface area contributed by atoms with E-state index in [1.54, 1.807) is 19.1 Å². The fourth-order valence-corrected chi connectivity index (χ4v) is 2.64. The van der Waals surface area contributed by atoms with Gasteiger partial charge in [-0.25, -0.2) is 4.79 Å². The van der Waals surface area contributed by atoms with Crippen LogP contribution in [0.1, 0.15) is 36.7 Å². The lowest BCUT2D eigenvalue weighted by atomic mass is 10.1. The molecule has 2 aromatic rings. The maximum atomic E-state index is 12.6. The zero-order chi connectivity index (χ0) is 22.3. The van der Waals surface area contributed by atoms with E-state index < -0.39 is 28.6 Å². The summed E-state index contributed by atoms with van der Waals surface area (Å²) < 4.78 is 15.6. The van der Waals surface area contributed by atoms with E-state index in [9.17, 15) is 19.7 Å². The Bertz CT molecular complexity index is 926. The molecule has 0 spiro atoms. The van der Waals surface area contributed by atoms with Crippen LogP contribution >= 0.6 is 0 Å². The average molecular weight is 416 g/mol. The highest BCUT2D eigenvalue weighted by Crippen LogP contribution is 2.35. The number of anilines is 1. The van der Waals surface area contributed by atoms with E-state index in [0.717, 1.165) is 18.1 Å². The molecule has 1 atom stereocenters. The summed E-state index contributed by atoms with van der Waals surface area (Å²) in [6.45, 7) is 5.37. The summed E-state index contributed by atoms with van der Waals surface area (Å²) in [6, 6.07) is 9.50. The van der Waals surface area contributed by atoms with Gasteiger partial charge in [0.2, 0.25) is 0 Å². The van der Waals surface area contributed by atoms with Crippen molar-refractivity contribution < 1.29 is 28.7 Å². The van der Waals surface area contributed by atoms with Gasteiger partial charge in [-0.15, -0.1) is 0 Å². The molecule has 1 N–H and O–H groups in total. The van der Waals surface area contributed by atoms with Gasteiger partial charge < -0.3 is 19.5 Å². The molecule has 1 unspecified atom stereocenters. The van der Waals surface area contributed by atoms with Crippen molar-refractivity contribution in [1.29, 1.82) is 0 Å². The predicted molar refractivity (Wildman–Crippen MR) is 110 cm³/mol. The molecule has 0 aliphatic rings. The van der Waals surface area contributed by atoms with Crippen molar-refractivity contribution in [3.05, 3.63) is 57.6 Å². The number of aryl methyl sites for hydroxylation is 1. The maximum absolute atomic E-state index is 12.6.